The van der Waals surface area contributed by atoms with Crippen LogP contribution in [0.4, 0.5) is 4.79 Å². The number of carbonyl (C=O) groups excluding carboxylic acids is 1. The fourth-order valence-corrected chi connectivity index (χ4v) is 2.80. The Morgan fingerprint density at radius 1 is 1.30 bits per heavy atom. The van der Waals surface area contributed by atoms with Gasteiger partial charge >= 0.3 is 6.03 Å². The lowest BCUT2D eigenvalue weighted by atomic mass is 9.96. The largest absolute Gasteiger partial charge is 0.497 e. The quantitative estimate of drug-likeness (QED) is 0.759. The van der Waals surface area contributed by atoms with Gasteiger partial charge in [-0.25, -0.2) is 4.79 Å². The summed E-state index contributed by atoms with van der Waals surface area (Å²) in [7, 11) is 1.69. The van der Waals surface area contributed by atoms with Crippen LogP contribution in [-0.4, -0.2) is 44.2 Å². The van der Waals surface area contributed by atoms with Gasteiger partial charge in [-0.05, 0) is 49.5 Å². The summed E-state index contributed by atoms with van der Waals surface area (Å²) in [5.74, 6) is 1.46. The first-order valence-corrected chi connectivity index (χ1v) is 8.19. The minimum atomic E-state index is -0.106. The van der Waals surface area contributed by atoms with Crippen LogP contribution < -0.4 is 15.4 Å². The second-order valence-electron chi connectivity index (χ2n) is 5.95. The molecule has 0 atom stereocenters. The minimum Gasteiger partial charge on any atom is -0.497 e. The first-order chi connectivity index (χ1) is 11.2. The molecule has 126 valence electrons. The van der Waals surface area contributed by atoms with E-state index in [1.807, 2.05) is 12.1 Å². The number of methoxy groups -OCH3 is 1. The predicted molar refractivity (Wildman–Crippen MR) is 92.6 cm³/mol. The van der Waals surface area contributed by atoms with Gasteiger partial charge in [0.1, 0.15) is 5.75 Å². The Bertz CT molecular complexity index is 493. The van der Waals surface area contributed by atoms with Crippen molar-refractivity contribution in [2.24, 2.45) is 5.92 Å². The molecule has 0 spiro atoms. The molecule has 2 amide bonds. The topological polar surface area (TPSA) is 53.6 Å². The number of rotatable bonds is 7. The first kappa shape index (κ1) is 17.3. The molecule has 1 aromatic rings. The van der Waals surface area contributed by atoms with Crippen LogP contribution >= 0.6 is 0 Å². The number of hydrogen-bond acceptors (Lipinski definition) is 3. The standard InChI is InChI=1S/C18H27N3O2/c1-3-10-19-18(22)20-13-15-8-11-21(12-9-15)14-16-4-6-17(23-2)7-5-16/h3-7,15H,1,8-14H2,2H3,(H2,19,20,22). The number of benzene rings is 1. The highest BCUT2D eigenvalue weighted by atomic mass is 16.5. The zero-order valence-electron chi connectivity index (χ0n) is 13.9. The monoisotopic (exact) mass is 317 g/mol. The molecule has 1 aliphatic heterocycles. The summed E-state index contributed by atoms with van der Waals surface area (Å²) in [6, 6.07) is 8.15. The normalized spacial score (nSPS) is 15.9. The molecule has 1 saturated heterocycles. The zero-order valence-corrected chi connectivity index (χ0v) is 13.9. The summed E-state index contributed by atoms with van der Waals surface area (Å²) in [6.07, 6.45) is 3.92. The molecule has 5 nitrogen and oxygen atoms in total. The van der Waals surface area contributed by atoms with Gasteiger partial charge in [-0.1, -0.05) is 18.2 Å². The molecule has 5 heteroatoms. The van der Waals surface area contributed by atoms with E-state index in [2.05, 4.69) is 34.2 Å². The third-order valence-electron chi connectivity index (χ3n) is 4.23. The lowest BCUT2D eigenvalue weighted by molar-refractivity contribution is 0.175. The van der Waals surface area contributed by atoms with Gasteiger partial charge in [-0.15, -0.1) is 6.58 Å². The van der Waals surface area contributed by atoms with Crippen molar-refractivity contribution in [2.45, 2.75) is 19.4 Å². The van der Waals surface area contributed by atoms with Crippen LogP contribution in [0.15, 0.2) is 36.9 Å². The fraction of sp³-hybridized carbons (Fsp3) is 0.500. The second-order valence-corrected chi connectivity index (χ2v) is 5.95. The van der Waals surface area contributed by atoms with Gasteiger partial charge in [0.15, 0.2) is 0 Å². The number of hydrogen-bond donors (Lipinski definition) is 2. The Balaban J connectivity index is 1.67. The third-order valence-corrected chi connectivity index (χ3v) is 4.23. The second kappa shape index (κ2) is 9.20. The lowest BCUT2D eigenvalue weighted by Crippen LogP contribution is -2.41. The number of nitrogens with one attached hydrogen (secondary N) is 2. The van der Waals surface area contributed by atoms with Crippen molar-refractivity contribution in [3.63, 3.8) is 0 Å². The Morgan fingerprint density at radius 2 is 2.00 bits per heavy atom. The maximum atomic E-state index is 11.5. The SMILES string of the molecule is C=CCNC(=O)NCC1CCN(Cc2ccc(OC)cc2)CC1. The van der Waals surface area contributed by atoms with Crippen molar-refractivity contribution in [1.82, 2.24) is 15.5 Å². The Morgan fingerprint density at radius 3 is 2.61 bits per heavy atom. The Hall–Kier alpha value is -2.01. The van der Waals surface area contributed by atoms with Gasteiger partial charge in [-0.2, -0.15) is 0 Å². The molecule has 1 aliphatic rings. The van der Waals surface area contributed by atoms with E-state index < -0.39 is 0 Å². The van der Waals surface area contributed by atoms with E-state index in [9.17, 15) is 4.79 Å². The number of piperidine rings is 1. The van der Waals surface area contributed by atoms with E-state index in [4.69, 9.17) is 4.74 Å². The van der Waals surface area contributed by atoms with Crippen LogP contribution in [-0.2, 0) is 6.54 Å². The maximum absolute atomic E-state index is 11.5. The highest BCUT2D eigenvalue weighted by Crippen LogP contribution is 2.19. The minimum absolute atomic E-state index is 0.106. The van der Waals surface area contributed by atoms with Gasteiger partial charge in [0, 0.05) is 19.6 Å². The molecular formula is C18H27N3O2. The molecule has 0 unspecified atom stereocenters. The van der Waals surface area contributed by atoms with Crippen LogP contribution in [0, 0.1) is 5.92 Å². The van der Waals surface area contributed by atoms with Crippen LogP contribution in [0.1, 0.15) is 18.4 Å². The average Bonchev–Trinajstić information content (AvgIpc) is 2.60. The van der Waals surface area contributed by atoms with E-state index in [0.29, 0.717) is 12.5 Å². The van der Waals surface area contributed by atoms with Crippen LogP contribution in [0.2, 0.25) is 0 Å². The van der Waals surface area contributed by atoms with Crippen LogP contribution in [0.3, 0.4) is 0 Å². The average molecular weight is 317 g/mol. The molecular weight excluding hydrogens is 290 g/mol. The summed E-state index contributed by atoms with van der Waals surface area (Å²) < 4.78 is 5.19. The summed E-state index contributed by atoms with van der Waals surface area (Å²) >= 11 is 0. The summed E-state index contributed by atoms with van der Waals surface area (Å²) in [5.41, 5.74) is 1.31. The smallest absolute Gasteiger partial charge is 0.315 e. The van der Waals surface area contributed by atoms with E-state index in [0.717, 1.165) is 44.8 Å². The maximum Gasteiger partial charge on any atom is 0.315 e. The van der Waals surface area contributed by atoms with Crippen molar-refractivity contribution >= 4 is 6.03 Å². The summed E-state index contributed by atoms with van der Waals surface area (Å²) in [5, 5.41) is 5.67. The molecule has 0 aliphatic carbocycles. The summed E-state index contributed by atoms with van der Waals surface area (Å²) in [6.45, 7) is 7.96. The van der Waals surface area contributed by atoms with Crippen molar-refractivity contribution in [3.8, 4) is 5.75 Å². The molecule has 23 heavy (non-hydrogen) atoms. The molecule has 2 rings (SSSR count). The van der Waals surface area contributed by atoms with Crippen molar-refractivity contribution < 1.29 is 9.53 Å². The number of amides is 2. The number of carbonyl (C=O) groups is 1. The highest BCUT2D eigenvalue weighted by Gasteiger charge is 2.19. The van der Waals surface area contributed by atoms with E-state index >= 15 is 0 Å². The third kappa shape index (κ3) is 5.94. The number of urea groups is 1. The van der Waals surface area contributed by atoms with Gasteiger partial charge in [0.2, 0.25) is 0 Å². The first-order valence-electron chi connectivity index (χ1n) is 8.19. The molecule has 1 aromatic carbocycles. The van der Waals surface area contributed by atoms with Gasteiger partial charge in [-0.3, -0.25) is 4.90 Å². The van der Waals surface area contributed by atoms with Crippen LogP contribution in [0.25, 0.3) is 0 Å². The van der Waals surface area contributed by atoms with E-state index in [-0.39, 0.29) is 6.03 Å². The van der Waals surface area contributed by atoms with Crippen molar-refractivity contribution in [1.29, 1.82) is 0 Å². The van der Waals surface area contributed by atoms with Crippen LogP contribution in [0.5, 0.6) is 5.75 Å². The predicted octanol–water partition coefficient (Wildman–Crippen LogP) is 2.39. The molecule has 1 fully saturated rings. The van der Waals surface area contributed by atoms with Gasteiger partial charge in [0.25, 0.3) is 0 Å². The number of nitrogens with zero attached hydrogens (tertiary/aromatic N) is 1. The van der Waals surface area contributed by atoms with E-state index in [1.165, 1.54) is 5.56 Å². The molecule has 0 radical (unpaired) electrons. The zero-order chi connectivity index (χ0) is 16.5. The van der Waals surface area contributed by atoms with E-state index in [1.54, 1.807) is 13.2 Å². The lowest BCUT2D eigenvalue weighted by Gasteiger charge is -2.32. The fourth-order valence-electron chi connectivity index (χ4n) is 2.80. The molecule has 0 bridgehead atoms. The van der Waals surface area contributed by atoms with Gasteiger partial charge in [0.05, 0.1) is 7.11 Å². The summed E-state index contributed by atoms with van der Waals surface area (Å²) in [4.78, 5) is 14.0. The molecule has 1 heterocycles. The Labute approximate surface area is 138 Å². The van der Waals surface area contributed by atoms with Crippen molar-refractivity contribution in [3.05, 3.63) is 42.5 Å². The molecule has 0 saturated carbocycles. The molecule has 2 N–H and O–H groups in total. The highest BCUT2D eigenvalue weighted by molar-refractivity contribution is 5.73. The Kier molecular flexibility index (Phi) is 6.94. The number of likely N-dealkylation sites (tertiary alicyclic amines) is 1. The van der Waals surface area contributed by atoms with Gasteiger partial charge < -0.3 is 15.4 Å². The number of ether oxygens (including phenoxy) is 1. The van der Waals surface area contributed by atoms with Crippen molar-refractivity contribution in [2.75, 3.05) is 33.3 Å². The molecule has 0 aromatic heterocycles.